The van der Waals surface area contributed by atoms with Crippen molar-refractivity contribution < 1.29 is 18.4 Å². The summed E-state index contributed by atoms with van der Waals surface area (Å²) < 4.78 is 27.6. The summed E-state index contributed by atoms with van der Waals surface area (Å²) in [6.07, 6.45) is 1.39. The van der Waals surface area contributed by atoms with Crippen LogP contribution in [-0.4, -0.2) is 29.9 Å². The van der Waals surface area contributed by atoms with Gasteiger partial charge in [0.2, 0.25) is 5.91 Å². The summed E-state index contributed by atoms with van der Waals surface area (Å²) in [5.74, 6) is 4.37. The SMILES string of the molecule is C=C(/C=C(/c1cc(C)cc(F)c1)N(N)c1ccc(F)c(Cl)c1)C(=O)N1CNC(=O)C1. The summed E-state index contributed by atoms with van der Waals surface area (Å²) in [6.45, 7) is 5.47. The predicted octanol–water partition coefficient (Wildman–Crippen LogP) is 3.12. The summed E-state index contributed by atoms with van der Waals surface area (Å²) in [4.78, 5) is 25.3. The second-order valence-electron chi connectivity index (χ2n) is 6.80. The highest BCUT2D eigenvalue weighted by Crippen LogP contribution is 2.29. The van der Waals surface area contributed by atoms with Crippen molar-refractivity contribution in [1.82, 2.24) is 10.2 Å². The Morgan fingerprint density at radius 3 is 2.63 bits per heavy atom. The van der Waals surface area contributed by atoms with E-state index in [1.54, 1.807) is 13.0 Å². The number of nitrogens with zero attached hydrogens (tertiary/aromatic N) is 2. The quantitative estimate of drug-likeness (QED) is 0.329. The number of anilines is 1. The van der Waals surface area contributed by atoms with Gasteiger partial charge in [-0.1, -0.05) is 18.2 Å². The second kappa shape index (κ2) is 8.64. The molecule has 0 aromatic heterocycles. The third kappa shape index (κ3) is 4.67. The average molecular weight is 433 g/mol. The first-order valence-corrected chi connectivity index (χ1v) is 9.27. The molecule has 2 aromatic carbocycles. The Morgan fingerprint density at radius 2 is 2.03 bits per heavy atom. The molecule has 9 heteroatoms. The van der Waals surface area contributed by atoms with E-state index in [2.05, 4.69) is 11.9 Å². The molecule has 0 atom stereocenters. The van der Waals surface area contributed by atoms with Gasteiger partial charge in [0.15, 0.2) is 0 Å². The monoisotopic (exact) mass is 432 g/mol. The van der Waals surface area contributed by atoms with Crippen LogP contribution >= 0.6 is 11.6 Å². The van der Waals surface area contributed by atoms with E-state index in [1.807, 2.05) is 0 Å². The summed E-state index contributed by atoms with van der Waals surface area (Å²) in [5.41, 5.74) is 1.59. The van der Waals surface area contributed by atoms with Gasteiger partial charge in [0, 0.05) is 11.1 Å². The second-order valence-corrected chi connectivity index (χ2v) is 7.21. The highest BCUT2D eigenvalue weighted by molar-refractivity contribution is 6.31. The van der Waals surface area contributed by atoms with Gasteiger partial charge in [-0.3, -0.25) is 14.6 Å². The van der Waals surface area contributed by atoms with Crippen molar-refractivity contribution in [3.63, 3.8) is 0 Å². The molecule has 0 saturated carbocycles. The Labute approximate surface area is 177 Å². The molecule has 0 bridgehead atoms. The highest BCUT2D eigenvalue weighted by Gasteiger charge is 2.25. The number of rotatable bonds is 5. The first-order chi connectivity index (χ1) is 14.2. The van der Waals surface area contributed by atoms with Crippen molar-refractivity contribution in [2.24, 2.45) is 5.84 Å². The number of nitrogens with one attached hydrogen (secondary N) is 1. The van der Waals surface area contributed by atoms with Gasteiger partial charge in [-0.25, -0.2) is 14.6 Å². The molecular formula is C21H19ClF2N4O2. The summed E-state index contributed by atoms with van der Waals surface area (Å²) in [7, 11) is 0. The predicted molar refractivity (Wildman–Crippen MR) is 111 cm³/mol. The fraction of sp³-hybridized carbons (Fsp3) is 0.143. The molecule has 1 fully saturated rings. The van der Waals surface area contributed by atoms with Crippen molar-refractivity contribution in [3.8, 4) is 0 Å². The lowest BCUT2D eigenvalue weighted by Gasteiger charge is -2.24. The van der Waals surface area contributed by atoms with Gasteiger partial charge >= 0.3 is 0 Å². The Hall–Kier alpha value is -3.23. The van der Waals surface area contributed by atoms with Gasteiger partial charge in [-0.15, -0.1) is 0 Å². The molecule has 0 unspecified atom stereocenters. The van der Waals surface area contributed by atoms with E-state index in [0.29, 0.717) is 16.8 Å². The number of carbonyl (C=O) groups excluding carboxylic acids is 2. The minimum absolute atomic E-state index is 0.0343. The lowest BCUT2D eigenvalue weighted by atomic mass is 10.0. The van der Waals surface area contributed by atoms with E-state index in [9.17, 15) is 18.4 Å². The largest absolute Gasteiger partial charge is 0.337 e. The van der Waals surface area contributed by atoms with E-state index >= 15 is 0 Å². The van der Waals surface area contributed by atoms with Crippen molar-refractivity contribution in [3.05, 3.63) is 82.4 Å². The first kappa shape index (κ1) is 21.5. The molecule has 0 aliphatic carbocycles. The third-order valence-electron chi connectivity index (χ3n) is 4.45. The number of hydrogen-bond donors (Lipinski definition) is 2. The molecule has 0 spiro atoms. The van der Waals surface area contributed by atoms with Gasteiger partial charge in [-0.2, -0.15) is 0 Å². The van der Waals surface area contributed by atoms with Crippen LogP contribution in [0.3, 0.4) is 0 Å². The topological polar surface area (TPSA) is 78.7 Å². The van der Waals surface area contributed by atoms with Crippen LogP contribution in [0.25, 0.3) is 5.70 Å². The minimum atomic E-state index is -0.619. The molecule has 3 rings (SSSR count). The van der Waals surface area contributed by atoms with E-state index in [1.165, 1.54) is 35.2 Å². The van der Waals surface area contributed by atoms with Gasteiger partial charge < -0.3 is 10.2 Å². The minimum Gasteiger partial charge on any atom is -0.337 e. The van der Waals surface area contributed by atoms with E-state index < -0.39 is 17.5 Å². The lowest BCUT2D eigenvalue weighted by molar-refractivity contribution is -0.127. The summed E-state index contributed by atoms with van der Waals surface area (Å²) >= 11 is 5.86. The number of benzene rings is 2. The zero-order valence-electron chi connectivity index (χ0n) is 16.1. The zero-order chi connectivity index (χ0) is 22.0. The molecule has 1 saturated heterocycles. The molecule has 156 valence electrons. The number of hydrazine groups is 1. The first-order valence-electron chi connectivity index (χ1n) is 8.89. The molecule has 1 aliphatic rings. The molecule has 1 heterocycles. The van der Waals surface area contributed by atoms with Crippen LogP contribution in [0.4, 0.5) is 14.5 Å². The molecule has 2 aromatic rings. The van der Waals surface area contributed by atoms with Crippen molar-refractivity contribution in [2.75, 3.05) is 18.2 Å². The molecule has 3 N–H and O–H groups in total. The maximum absolute atomic E-state index is 14.1. The smallest absolute Gasteiger partial charge is 0.255 e. The molecule has 0 radical (unpaired) electrons. The summed E-state index contributed by atoms with van der Waals surface area (Å²) in [5, 5.41) is 3.55. The Bertz CT molecular complexity index is 1050. The van der Waals surface area contributed by atoms with E-state index in [-0.39, 0.29) is 35.4 Å². The van der Waals surface area contributed by atoms with Crippen LogP contribution in [0.1, 0.15) is 11.1 Å². The van der Waals surface area contributed by atoms with Crippen LogP contribution < -0.4 is 16.2 Å². The van der Waals surface area contributed by atoms with Crippen molar-refractivity contribution in [1.29, 1.82) is 0 Å². The molecule has 1 aliphatic heterocycles. The van der Waals surface area contributed by atoms with Crippen LogP contribution in [0.2, 0.25) is 5.02 Å². The standard InChI is InChI=1S/C21H19ClF2N4O2/c1-12-5-14(8-15(23)6-12)19(28(25)16-3-4-18(24)17(22)9-16)7-13(2)21(30)27-10-20(29)26-11-27/h3-9H,2,10-11,25H2,1H3,(H,26,29)/b19-7-. The highest BCUT2D eigenvalue weighted by atomic mass is 35.5. The van der Waals surface area contributed by atoms with E-state index in [0.717, 1.165) is 11.1 Å². The van der Waals surface area contributed by atoms with Crippen LogP contribution in [0.5, 0.6) is 0 Å². The Kier molecular flexibility index (Phi) is 6.19. The number of halogens is 3. The number of aryl methyl sites for hydroxylation is 1. The normalized spacial score (nSPS) is 14.0. The van der Waals surface area contributed by atoms with Gasteiger partial charge in [0.25, 0.3) is 5.91 Å². The lowest BCUT2D eigenvalue weighted by Crippen LogP contribution is -2.32. The van der Waals surface area contributed by atoms with Crippen LogP contribution in [-0.2, 0) is 9.59 Å². The van der Waals surface area contributed by atoms with Crippen LogP contribution in [0.15, 0.2) is 54.6 Å². The maximum atomic E-state index is 14.1. The average Bonchev–Trinajstić information content (AvgIpc) is 3.12. The zero-order valence-corrected chi connectivity index (χ0v) is 16.8. The molecule has 2 amide bonds. The number of nitrogens with two attached hydrogens (primary N) is 1. The maximum Gasteiger partial charge on any atom is 0.255 e. The van der Waals surface area contributed by atoms with Crippen LogP contribution in [0, 0.1) is 18.6 Å². The van der Waals surface area contributed by atoms with Gasteiger partial charge in [-0.05, 0) is 55.0 Å². The fourth-order valence-corrected chi connectivity index (χ4v) is 3.17. The fourth-order valence-electron chi connectivity index (χ4n) is 2.99. The number of hydrogen-bond acceptors (Lipinski definition) is 4. The molecular weight excluding hydrogens is 414 g/mol. The van der Waals surface area contributed by atoms with E-state index in [4.69, 9.17) is 17.4 Å². The van der Waals surface area contributed by atoms with Crippen molar-refractivity contribution in [2.45, 2.75) is 6.92 Å². The Morgan fingerprint density at radius 1 is 1.30 bits per heavy atom. The van der Waals surface area contributed by atoms with Gasteiger partial charge in [0.1, 0.15) is 18.2 Å². The third-order valence-corrected chi connectivity index (χ3v) is 4.74. The molecule has 6 nitrogen and oxygen atoms in total. The van der Waals surface area contributed by atoms with Gasteiger partial charge in [0.05, 0.1) is 23.1 Å². The number of amides is 2. The summed E-state index contributed by atoms with van der Waals surface area (Å²) in [6, 6.07) is 8.13. The molecule has 30 heavy (non-hydrogen) atoms. The Balaban J connectivity index is 2.03. The number of carbonyl (C=O) groups is 2. The van der Waals surface area contributed by atoms with Crippen molar-refractivity contribution >= 4 is 34.8 Å².